The quantitative estimate of drug-likeness (QED) is 0.685. The number of pyridine rings is 1. The molecule has 0 radical (unpaired) electrons. The molecule has 90 valence electrons. The lowest BCUT2D eigenvalue weighted by Gasteiger charge is -2.01. The highest BCUT2D eigenvalue weighted by molar-refractivity contribution is 7.16. The molecule has 3 rings (SSSR count). The number of thiophene rings is 1. The van der Waals surface area contributed by atoms with Crippen molar-refractivity contribution in [1.82, 2.24) is 9.55 Å². The van der Waals surface area contributed by atoms with Crippen LogP contribution in [0.2, 0.25) is 4.34 Å². The lowest BCUT2D eigenvalue weighted by molar-refractivity contribution is 0.112. The van der Waals surface area contributed by atoms with Gasteiger partial charge >= 0.3 is 0 Å². The molecule has 3 aromatic rings. The van der Waals surface area contributed by atoms with Crippen LogP contribution in [0.15, 0.2) is 36.7 Å². The zero-order chi connectivity index (χ0) is 12.5. The Labute approximate surface area is 113 Å². The fourth-order valence-electron chi connectivity index (χ4n) is 1.97. The summed E-state index contributed by atoms with van der Waals surface area (Å²) >= 11 is 7.45. The molecule has 0 saturated heterocycles. The van der Waals surface area contributed by atoms with Gasteiger partial charge in [-0.25, -0.2) is 4.98 Å². The highest BCUT2D eigenvalue weighted by Crippen LogP contribution is 2.24. The molecule has 3 nitrogen and oxygen atoms in total. The molecule has 0 unspecified atom stereocenters. The van der Waals surface area contributed by atoms with Crippen LogP contribution in [0.1, 0.15) is 15.2 Å². The summed E-state index contributed by atoms with van der Waals surface area (Å²) in [6.07, 6.45) is 4.43. The fourth-order valence-corrected chi connectivity index (χ4v) is 3.06. The minimum absolute atomic E-state index is 0.667. The average molecular weight is 277 g/mol. The minimum atomic E-state index is 0.667. The zero-order valence-electron chi connectivity index (χ0n) is 9.34. The van der Waals surface area contributed by atoms with Gasteiger partial charge in [0.25, 0.3) is 0 Å². The molecule has 0 aliphatic rings. The Morgan fingerprint density at radius 3 is 3.00 bits per heavy atom. The van der Waals surface area contributed by atoms with Crippen molar-refractivity contribution in [3.05, 3.63) is 51.4 Å². The lowest BCUT2D eigenvalue weighted by Crippen LogP contribution is -1.96. The molecule has 0 atom stereocenters. The number of carbonyl (C=O) groups excluding carboxylic acids is 1. The van der Waals surface area contributed by atoms with E-state index in [1.54, 1.807) is 6.20 Å². The van der Waals surface area contributed by atoms with Crippen LogP contribution in [0.5, 0.6) is 0 Å². The van der Waals surface area contributed by atoms with Gasteiger partial charge in [0, 0.05) is 28.2 Å². The highest BCUT2D eigenvalue weighted by atomic mass is 35.5. The first-order chi connectivity index (χ1) is 8.78. The van der Waals surface area contributed by atoms with E-state index in [0.29, 0.717) is 12.1 Å². The van der Waals surface area contributed by atoms with Gasteiger partial charge < -0.3 is 4.57 Å². The van der Waals surface area contributed by atoms with Gasteiger partial charge in [0.1, 0.15) is 5.65 Å². The third-order valence-corrected chi connectivity index (χ3v) is 3.96. The Morgan fingerprint density at radius 1 is 1.39 bits per heavy atom. The smallest absolute Gasteiger partial charge is 0.152 e. The molecule has 0 spiro atoms. The molecule has 0 aliphatic carbocycles. The Bertz CT molecular complexity index is 717. The molecule has 0 aliphatic heterocycles. The van der Waals surface area contributed by atoms with Gasteiger partial charge in [-0.3, -0.25) is 4.79 Å². The Hall–Kier alpha value is -1.65. The summed E-state index contributed by atoms with van der Waals surface area (Å²) in [6, 6.07) is 7.61. The van der Waals surface area contributed by atoms with Gasteiger partial charge in [0.2, 0.25) is 0 Å². The molecule has 0 N–H and O–H groups in total. The summed E-state index contributed by atoms with van der Waals surface area (Å²) < 4.78 is 2.74. The third-order valence-electron chi connectivity index (χ3n) is 2.75. The minimum Gasteiger partial charge on any atom is -0.327 e. The van der Waals surface area contributed by atoms with Crippen LogP contribution < -0.4 is 0 Å². The van der Waals surface area contributed by atoms with Crippen molar-refractivity contribution in [2.75, 3.05) is 0 Å². The second-order valence-electron chi connectivity index (χ2n) is 3.91. The second kappa shape index (κ2) is 4.55. The van der Waals surface area contributed by atoms with Crippen LogP contribution in [0, 0.1) is 0 Å². The van der Waals surface area contributed by atoms with Crippen molar-refractivity contribution in [3.8, 4) is 0 Å². The molecule has 3 heterocycles. The van der Waals surface area contributed by atoms with Crippen LogP contribution in [0.25, 0.3) is 11.0 Å². The molecule has 18 heavy (non-hydrogen) atoms. The van der Waals surface area contributed by atoms with Crippen molar-refractivity contribution < 1.29 is 4.79 Å². The van der Waals surface area contributed by atoms with E-state index in [1.807, 2.05) is 35.0 Å². The zero-order valence-corrected chi connectivity index (χ0v) is 10.9. The Balaban J connectivity index is 2.09. The predicted octanol–water partition coefficient (Wildman–Crippen LogP) is 3.61. The number of aldehydes is 1. The van der Waals surface area contributed by atoms with Crippen LogP contribution in [0.4, 0.5) is 0 Å². The number of aromatic nitrogens is 2. The summed E-state index contributed by atoms with van der Waals surface area (Å²) in [7, 11) is 0. The molecule has 0 fully saturated rings. The van der Waals surface area contributed by atoms with Crippen LogP contribution >= 0.6 is 22.9 Å². The summed E-state index contributed by atoms with van der Waals surface area (Å²) in [5, 5.41) is 0.884. The molecule has 0 aromatic carbocycles. The number of nitrogens with zero attached hydrogens (tertiary/aromatic N) is 2. The number of rotatable bonds is 3. The topological polar surface area (TPSA) is 34.9 Å². The van der Waals surface area contributed by atoms with Crippen LogP contribution in [0.3, 0.4) is 0 Å². The molecular weight excluding hydrogens is 268 g/mol. The van der Waals surface area contributed by atoms with Gasteiger partial charge in [0.05, 0.1) is 10.9 Å². The standard InChI is InChI=1S/C13H9ClN2OS/c14-12-4-3-10(18-12)7-16-6-9(8-17)11-2-1-5-15-13(11)16/h1-6,8H,7H2. The third kappa shape index (κ3) is 1.94. The van der Waals surface area contributed by atoms with Crippen LogP contribution in [-0.4, -0.2) is 15.8 Å². The maximum atomic E-state index is 11.0. The van der Waals surface area contributed by atoms with Crippen LogP contribution in [-0.2, 0) is 6.54 Å². The molecule has 0 amide bonds. The van der Waals surface area contributed by atoms with E-state index in [4.69, 9.17) is 11.6 Å². The summed E-state index contributed by atoms with van der Waals surface area (Å²) in [5.74, 6) is 0. The van der Waals surface area contributed by atoms with Gasteiger partial charge in [0.15, 0.2) is 6.29 Å². The maximum absolute atomic E-state index is 11.0. The van der Waals surface area contributed by atoms with Crippen molar-refractivity contribution >= 4 is 40.3 Å². The monoisotopic (exact) mass is 276 g/mol. The van der Waals surface area contributed by atoms with Gasteiger partial charge in [-0.15, -0.1) is 11.3 Å². The van der Waals surface area contributed by atoms with E-state index in [-0.39, 0.29) is 0 Å². The molecule has 0 bridgehead atoms. The van der Waals surface area contributed by atoms with Crippen molar-refractivity contribution in [3.63, 3.8) is 0 Å². The SMILES string of the molecule is O=Cc1cn(Cc2ccc(Cl)s2)c2ncccc12. The lowest BCUT2D eigenvalue weighted by atomic mass is 10.2. The first-order valence-electron chi connectivity index (χ1n) is 5.41. The Morgan fingerprint density at radius 2 is 2.28 bits per heavy atom. The van der Waals surface area contributed by atoms with E-state index in [9.17, 15) is 4.79 Å². The van der Waals surface area contributed by atoms with E-state index in [2.05, 4.69) is 4.98 Å². The van der Waals surface area contributed by atoms with Gasteiger partial charge in [-0.05, 0) is 24.3 Å². The molecule has 5 heteroatoms. The largest absolute Gasteiger partial charge is 0.327 e. The van der Waals surface area contributed by atoms with Gasteiger partial charge in [-0.2, -0.15) is 0 Å². The number of hydrogen-bond acceptors (Lipinski definition) is 3. The molecular formula is C13H9ClN2OS. The number of carbonyl (C=O) groups is 1. The Kier molecular flexibility index (Phi) is 2.89. The number of halogens is 1. The highest BCUT2D eigenvalue weighted by Gasteiger charge is 2.09. The van der Waals surface area contributed by atoms with Crippen molar-refractivity contribution in [2.45, 2.75) is 6.54 Å². The number of fused-ring (bicyclic) bond motifs is 1. The fraction of sp³-hybridized carbons (Fsp3) is 0.0769. The van der Waals surface area contributed by atoms with E-state index < -0.39 is 0 Å². The first-order valence-corrected chi connectivity index (χ1v) is 6.60. The second-order valence-corrected chi connectivity index (χ2v) is 5.71. The first kappa shape index (κ1) is 11.4. The van der Waals surface area contributed by atoms with Crippen molar-refractivity contribution in [1.29, 1.82) is 0 Å². The summed E-state index contributed by atoms with van der Waals surface area (Å²) in [6.45, 7) is 0.679. The van der Waals surface area contributed by atoms with Crippen molar-refractivity contribution in [2.24, 2.45) is 0 Å². The van der Waals surface area contributed by atoms with E-state index in [1.165, 1.54) is 11.3 Å². The van der Waals surface area contributed by atoms with E-state index in [0.717, 1.165) is 26.5 Å². The maximum Gasteiger partial charge on any atom is 0.152 e. The van der Waals surface area contributed by atoms with Gasteiger partial charge in [-0.1, -0.05) is 11.6 Å². The number of hydrogen-bond donors (Lipinski definition) is 0. The average Bonchev–Trinajstić information content (AvgIpc) is 2.95. The van der Waals surface area contributed by atoms with E-state index >= 15 is 0 Å². The summed E-state index contributed by atoms with van der Waals surface area (Å²) in [4.78, 5) is 16.5. The molecule has 0 saturated carbocycles. The predicted molar refractivity (Wildman–Crippen MR) is 73.6 cm³/mol. The normalized spacial score (nSPS) is 10.9. The molecule has 3 aromatic heterocycles. The summed E-state index contributed by atoms with van der Waals surface area (Å²) in [5.41, 5.74) is 1.49.